The Kier molecular flexibility index (Phi) is 4.43. The molecule has 0 saturated heterocycles. The van der Waals surface area contributed by atoms with Gasteiger partial charge in [0.2, 0.25) is 5.91 Å². The number of hydrogen-bond donors (Lipinski definition) is 1. The van der Waals surface area contributed by atoms with Gasteiger partial charge in [-0.1, -0.05) is 19.9 Å². The number of nitrogens with zero attached hydrogens (tertiary/aromatic N) is 1. The third-order valence-electron chi connectivity index (χ3n) is 4.12. The quantitative estimate of drug-likeness (QED) is 0.924. The standard InChI is InChI=1S/C16H22FNO2/c1-10(2)15(19)9-16(20)18-7-6-12-8-13(17)4-5-14(12)11(18)3/h4-5,8,10-11,15,19H,6-7,9H2,1-3H3. The number of hydrogen-bond acceptors (Lipinski definition) is 2. The number of fused-ring (bicyclic) bond motifs is 1. The lowest BCUT2D eigenvalue weighted by molar-refractivity contribution is -0.136. The summed E-state index contributed by atoms with van der Waals surface area (Å²) in [6.07, 6.45) is 0.212. The van der Waals surface area contributed by atoms with Crippen molar-refractivity contribution in [1.82, 2.24) is 4.90 Å². The molecule has 1 N–H and O–H groups in total. The molecule has 110 valence electrons. The number of rotatable bonds is 3. The summed E-state index contributed by atoms with van der Waals surface area (Å²) >= 11 is 0. The predicted molar refractivity (Wildman–Crippen MR) is 75.7 cm³/mol. The van der Waals surface area contributed by atoms with Crippen LogP contribution < -0.4 is 0 Å². The van der Waals surface area contributed by atoms with Gasteiger partial charge in [0.05, 0.1) is 18.6 Å². The molecule has 0 saturated carbocycles. The summed E-state index contributed by atoms with van der Waals surface area (Å²) in [4.78, 5) is 14.1. The number of amides is 1. The van der Waals surface area contributed by atoms with E-state index < -0.39 is 6.10 Å². The van der Waals surface area contributed by atoms with Gasteiger partial charge < -0.3 is 10.0 Å². The molecule has 0 aliphatic carbocycles. The molecular formula is C16H22FNO2. The van der Waals surface area contributed by atoms with Crippen molar-refractivity contribution in [2.24, 2.45) is 5.92 Å². The molecule has 0 aromatic heterocycles. The van der Waals surface area contributed by atoms with Crippen LogP contribution in [0.5, 0.6) is 0 Å². The maximum Gasteiger partial charge on any atom is 0.225 e. The number of aliphatic hydroxyl groups excluding tert-OH is 1. The highest BCUT2D eigenvalue weighted by atomic mass is 19.1. The van der Waals surface area contributed by atoms with Crippen molar-refractivity contribution in [2.75, 3.05) is 6.54 Å². The second-order valence-corrected chi connectivity index (χ2v) is 5.87. The van der Waals surface area contributed by atoms with Crippen LogP contribution in [0.2, 0.25) is 0 Å². The van der Waals surface area contributed by atoms with Crippen molar-refractivity contribution < 1.29 is 14.3 Å². The van der Waals surface area contributed by atoms with Gasteiger partial charge in [-0.25, -0.2) is 4.39 Å². The van der Waals surface area contributed by atoms with Gasteiger partial charge in [-0.15, -0.1) is 0 Å². The molecule has 1 heterocycles. The Morgan fingerprint density at radius 1 is 1.50 bits per heavy atom. The molecule has 4 heteroatoms. The van der Waals surface area contributed by atoms with Crippen LogP contribution in [-0.2, 0) is 11.2 Å². The van der Waals surface area contributed by atoms with E-state index in [0.29, 0.717) is 13.0 Å². The zero-order valence-corrected chi connectivity index (χ0v) is 12.3. The number of aliphatic hydroxyl groups is 1. The van der Waals surface area contributed by atoms with Crippen LogP contribution in [0.3, 0.4) is 0 Å². The van der Waals surface area contributed by atoms with Crippen LogP contribution in [0.1, 0.15) is 44.4 Å². The molecule has 2 atom stereocenters. The fourth-order valence-electron chi connectivity index (χ4n) is 2.67. The molecule has 1 aromatic rings. The van der Waals surface area contributed by atoms with E-state index in [1.165, 1.54) is 6.07 Å². The molecule has 1 aliphatic heterocycles. The summed E-state index contributed by atoms with van der Waals surface area (Å²) < 4.78 is 13.2. The fraction of sp³-hybridized carbons (Fsp3) is 0.562. The molecule has 0 radical (unpaired) electrons. The van der Waals surface area contributed by atoms with Crippen molar-refractivity contribution in [1.29, 1.82) is 0 Å². The summed E-state index contributed by atoms with van der Waals surface area (Å²) in [6.45, 7) is 6.34. The molecule has 0 fully saturated rings. The van der Waals surface area contributed by atoms with Crippen LogP contribution in [0.4, 0.5) is 4.39 Å². The van der Waals surface area contributed by atoms with Gasteiger partial charge in [-0.3, -0.25) is 4.79 Å². The Hall–Kier alpha value is -1.42. The topological polar surface area (TPSA) is 40.5 Å². The maximum atomic E-state index is 13.2. The van der Waals surface area contributed by atoms with Crippen molar-refractivity contribution in [2.45, 2.75) is 45.8 Å². The van der Waals surface area contributed by atoms with Crippen LogP contribution in [-0.4, -0.2) is 28.6 Å². The number of benzene rings is 1. The molecule has 1 amide bonds. The van der Waals surface area contributed by atoms with Gasteiger partial charge in [-0.2, -0.15) is 0 Å². The van der Waals surface area contributed by atoms with E-state index in [1.807, 2.05) is 20.8 Å². The van der Waals surface area contributed by atoms with Crippen LogP contribution in [0, 0.1) is 11.7 Å². The van der Waals surface area contributed by atoms with Gasteiger partial charge in [0, 0.05) is 6.54 Å². The van der Waals surface area contributed by atoms with E-state index in [-0.39, 0.29) is 30.1 Å². The molecular weight excluding hydrogens is 257 g/mol. The smallest absolute Gasteiger partial charge is 0.225 e. The van der Waals surface area contributed by atoms with Crippen molar-refractivity contribution in [3.8, 4) is 0 Å². The molecule has 2 rings (SSSR count). The summed E-state index contributed by atoms with van der Waals surface area (Å²) in [5.74, 6) is -0.194. The van der Waals surface area contributed by atoms with Gasteiger partial charge in [0.1, 0.15) is 5.82 Å². The monoisotopic (exact) mass is 279 g/mol. The largest absolute Gasteiger partial charge is 0.392 e. The molecule has 0 spiro atoms. The third-order valence-corrected chi connectivity index (χ3v) is 4.12. The van der Waals surface area contributed by atoms with Gasteiger partial charge in [0.25, 0.3) is 0 Å². The maximum absolute atomic E-state index is 13.2. The lowest BCUT2D eigenvalue weighted by Crippen LogP contribution is -2.40. The second-order valence-electron chi connectivity index (χ2n) is 5.87. The summed E-state index contributed by atoms with van der Waals surface area (Å²) in [5, 5.41) is 9.85. The second kappa shape index (κ2) is 5.92. The van der Waals surface area contributed by atoms with E-state index in [2.05, 4.69) is 0 Å². The minimum Gasteiger partial charge on any atom is -0.392 e. The number of halogens is 1. The summed E-state index contributed by atoms with van der Waals surface area (Å²) in [7, 11) is 0. The highest BCUT2D eigenvalue weighted by Crippen LogP contribution is 2.30. The average molecular weight is 279 g/mol. The van der Waals surface area contributed by atoms with E-state index in [0.717, 1.165) is 11.1 Å². The van der Waals surface area contributed by atoms with Gasteiger partial charge in [-0.05, 0) is 42.5 Å². The molecule has 2 unspecified atom stereocenters. The predicted octanol–water partition coefficient (Wildman–Crippen LogP) is 2.68. The summed E-state index contributed by atoms with van der Waals surface area (Å²) in [6, 6.07) is 4.68. The lowest BCUT2D eigenvalue weighted by atomic mass is 9.92. The fourth-order valence-corrected chi connectivity index (χ4v) is 2.67. The number of carbonyl (C=O) groups is 1. The Morgan fingerprint density at radius 2 is 2.20 bits per heavy atom. The molecule has 1 aromatic carbocycles. The minimum atomic E-state index is -0.607. The van der Waals surface area contributed by atoms with Crippen molar-refractivity contribution in [3.05, 3.63) is 35.1 Å². The first kappa shape index (κ1) is 15.0. The Morgan fingerprint density at radius 3 is 2.85 bits per heavy atom. The van der Waals surface area contributed by atoms with Gasteiger partial charge >= 0.3 is 0 Å². The van der Waals surface area contributed by atoms with E-state index in [1.54, 1.807) is 17.0 Å². The minimum absolute atomic E-state index is 0.0336. The van der Waals surface area contributed by atoms with Gasteiger partial charge in [0.15, 0.2) is 0 Å². The summed E-state index contributed by atoms with van der Waals surface area (Å²) in [5.41, 5.74) is 1.98. The van der Waals surface area contributed by atoms with Crippen molar-refractivity contribution >= 4 is 5.91 Å². The zero-order valence-electron chi connectivity index (χ0n) is 12.3. The third kappa shape index (κ3) is 3.01. The van der Waals surface area contributed by atoms with E-state index >= 15 is 0 Å². The van der Waals surface area contributed by atoms with Crippen molar-refractivity contribution in [3.63, 3.8) is 0 Å². The Bertz CT molecular complexity index is 501. The lowest BCUT2D eigenvalue weighted by Gasteiger charge is -2.36. The normalized spacial score (nSPS) is 19.9. The highest BCUT2D eigenvalue weighted by molar-refractivity contribution is 5.77. The first-order valence-corrected chi connectivity index (χ1v) is 7.16. The highest BCUT2D eigenvalue weighted by Gasteiger charge is 2.29. The van der Waals surface area contributed by atoms with Crippen LogP contribution >= 0.6 is 0 Å². The van der Waals surface area contributed by atoms with Crippen LogP contribution in [0.25, 0.3) is 0 Å². The van der Waals surface area contributed by atoms with E-state index in [4.69, 9.17) is 0 Å². The zero-order chi connectivity index (χ0) is 14.9. The first-order valence-electron chi connectivity index (χ1n) is 7.16. The number of carbonyl (C=O) groups excluding carboxylic acids is 1. The Labute approximate surface area is 119 Å². The van der Waals surface area contributed by atoms with E-state index in [9.17, 15) is 14.3 Å². The average Bonchev–Trinajstić information content (AvgIpc) is 2.38. The molecule has 20 heavy (non-hydrogen) atoms. The molecule has 3 nitrogen and oxygen atoms in total. The van der Waals surface area contributed by atoms with Crippen LogP contribution in [0.15, 0.2) is 18.2 Å². The SMILES string of the molecule is CC(C)C(O)CC(=O)N1CCc2cc(F)ccc2C1C. The molecule has 1 aliphatic rings. The Balaban J connectivity index is 2.12. The molecule has 0 bridgehead atoms. The first-order chi connectivity index (χ1) is 9.40.